The first kappa shape index (κ1) is 23.7. The van der Waals surface area contributed by atoms with Gasteiger partial charge in [0.1, 0.15) is 11.7 Å². The average molecular weight is 440 g/mol. The maximum atomic E-state index is 12.6. The van der Waals surface area contributed by atoms with E-state index in [-0.39, 0.29) is 12.8 Å². The fraction of sp³-hybridized carbons (Fsp3) is 0.773. The molecule has 7 atom stereocenters. The van der Waals surface area contributed by atoms with Crippen LogP contribution in [0.25, 0.3) is 0 Å². The molecule has 3 N–H and O–H groups in total. The molecule has 0 spiro atoms. The van der Waals surface area contributed by atoms with E-state index < -0.39 is 58.4 Å². The molecule has 9 nitrogen and oxygen atoms in total. The lowest BCUT2D eigenvalue weighted by Gasteiger charge is -2.58. The SMILES string of the molecule is CC(=O)O[C@@]1(C)[C@@H]2CC3=C(C)C(=O)O[C@@]3(O)C[C@@]2(C)CC[C@H]1OC(=O)C(C)(O)C(C)O. The molecule has 0 bridgehead atoms. The number of ether oxygens (including phenoxy) is 3. The number of hydrogen-bond donors (Lipinski definition) is 3. The van der Waals surface area contributed by atoms with Gasteiger partial charge in [0.2, 0.25) is 5.79 Å². The van der Waals surface area contributed by atoms with Crippen molar-refractivity contribution in [3.8, 4) is 0 Å². The van der Waals surface area contributed by atoms with Gasteiger partial charge in [0.15, 0.2) is 5.60 Å². The summed E-state index contributed by atoms with van der Waals surface area (Å²) >= 11 is 0. The van der Waals surface area contributed by atoms with Crippen molar-refractivity contribution in [1.82, 2.24) is 0 Å². The topological polar surface area (TPSA) is 140 Å². The molecule has 0 aromatic carbocycles. The molecule has 2 saturated carbocycles. The standard InChI is InChI=1S/C22H32O9/c1-11-14-9-15-19(4,10-22(14,28)31-17(11)25)8-7-16(21(15,6)30-13(3)24)29-18(26)20(5,27)12(2)23/h12,15-16,23,27-28H,7-10H2,1-6H3/t12?,15-,16-,19-,20?,21+,22+/m1/s1. The lowest BCUT2D eigenvalue weighted by Crippen LogP contribution is -2.64. The Kier molecular flexibility index (Phi) is 5.56. The Labute approximate surface area is 181 Å². The summed E-state index contributed by atoms with van der Waals surface area (Å²) in [7, 11) is 0. The molecule has 31 heavy (non-hydrogen) atoms. The number of aliphatic hydroxyl groups is 3. The molecule has 2 unspecified atom stereocenters. The Balaban J connectivity index is 2.00. The first-order chi connectivity index (χ1) is 14.1. The largest absolute Gasteiger partial charge is 0.456 e. The van der Waals surface area contributed by atoms with Gasteiger partial charge < -0.3 is 29.5 Å². The second-order valence-electron chi connectivity index (χ2n) is 9.90. The van der Waals surface area contributed by atoms with Gasteiger partial charge in [-0.25, -0.2) is 9.59 Å². The first-order valence-electron chi connectivity index (χ1n) is 10.5. The number of hydrogen-bond acceptors (Lipinski definition) is 9. The van der Waals surface area contributed by atoms with Crippen LogP contribution in [0.3, 0.4) is 0 Å². The first-order valence-corrected chi connectivity index (χ1v) is 10.5. The highest BCUT2D eigenvalue weighted by molar-refractivity contribution is 5.92. The zero-order chi connectivity index (χ0) is 23.6. The van der Waals surface area contributed by atoms with Crippen LogP contribution < -0.4 is 0 Å². The van der Waals surface area contributed by atoms with Crippen LogP contribution >= 0.6 is 0 Å². The second-order valence-corrected chi connectivity index (χ2v) is 9.90. The van der Waals surface area contributed by atoms with E-state index in [1.165, 1.54) is 13.8 Å². The molecular weight excluding hydrogens is 408 g/mol. The molecule has 0 radical (unpaired) electrons. The van der Waals surface area contributed by atoms with Gasteiger partial charge in [0.25, 0.3) is 0 Å². The van der Waals surface area contributed by atoms with Crippen LogP contribution in [0.2, 0.25) is 0 Å². The van der Waals surface area contributed by atoms with Crippen molar-refractivity contribution < 1.29 is 43.9 Å². The summed E-state index contributed by atoms with van der Waals surface area (Å²) < 4.78 is 16.6. The van der Waals surface area contributed by atoms with Crippen LogP contribution in [0.15, 0.2) is 11.1 Å². The quantitative estimate of drug-likeness (QED) is 0.433. The number of esters is 3. The Morgan fingerprint density at radius 1 is 1.32 bits per heavy atom. The van der Waals surface area contributed by atoms with Crippen LogP contribution in [0.1, 0.15) is 67.2 Å². The Morgan fingerprint density at radius 3 is 2.48 bits per heavy atom. The summed E-state index contributed by atoms with van der Waals surface area (Å²) in [5.74, 6) is -4.25. The van der Waals surface area contributed by atoms with Gasteiger partial charge in [-0.2, -0.15) is 0 Å². The predicted molar refractivity (Wildman–Crippen MR) is 106 cm³/mol. The van der Waals surface area contributed by atoms with E-state index in [1.54, 1.807) is 13.8 Å². The zero-order valence-corrected chi connectivity index (χ0v) is 18.9. The minimum atomic E-state index is -2.13. The molecule has 3 rings (SSSR count). The van der Waals surface area contributed by atoms with Crippen molar-refractivity contribution in [1.29, 1.82) is 0 Å². The summed E-state index contributed by atoms with van der Waals surface area (Å²) in [5, 5.41) is 31.1. The Bertz CT molecular complexity index is 844. The van der Waals surface area contributed by atoms with E-state index in [9.17, 15) is 29.7 Å². The molecule has 0 aromatic heterocycles. The molecular formula is C22H32O9. The number of rotatable bonds is 4. The van der Waals surface area contributed by atoms with Crippen LogP contribution in [0.5, 0.6) is 0 Å². The fourth-order valence-electron chi connectivity index (χ4n) is 5.45. The van der Waals surface area contributed by atoms with Crippen molar-refractivity contribution in [2.45, 2.75) is 96.4 Å². The molecule has 1 aliphatic heterocycles. The number of fused-ring (bicyclic) bond motifs is 2. The van der Waals surface area contributed by atoms with Crippen LogP contribution in [0, 0.1) is 11.3 Å². The minimum absolute atomic E-state index is 0.131. The van der Waals surface area contributed by atoms with Gasteiger partial charge >= 0.3 is 17.9 Å². The van der Waals surface area contributed by atoms with Crippen LogP contribution in [-0.4, -0.2) is 62.4 Å². The van der Waals surface area contributed by atoms with E-state index in [1.807, 2.05) is 6.92 Å². The van der Waals surface area contributed by atoms with Crippen molar-refractivity contribution in [3.05, 3.63) is 11.1 Å². The van der Waals surface area contributed by atoms with E-state index in [0.717, 1.165) is 6.92 Å². The number of carbonyl (C=O) groups is 3. The highest BCUT2D eigenvalue weighted by Gasteiger charge is 2.65. The van der Waals surface area contributed by atoms with Gasteiger partial charge in [-0.3, -0.25) is 4.79 Å². The van der Waals surface area contributed by atoms with Gasteiger partial charge in [0.05, 0.1) is 6.10 Å². The maximum absolute atomic E-state index is 12.6. The second kappa shape index (κ2) is 7.28. The van der Waals surface area contributed by atoms with Gasteiger partial charge in [-0.15, -0.1) is 0 Å². The molecule has 0 amide bonds. The van der Waals surface area contributed by atoms with Gasteiger partial charge in [0, 0.05) is 30.4 Å². The average Bonchev–Trinajstić information content (AvgIpc) is 2.83. The summed E-state index contributed by atoms with van der Waals surface area (Å²) in [4.78, 5) is 36.8. The summed E-state index contributed by atoms with van der Waals surface area (Å²) in [6.07, 6.45) is -1.12. The number of aliphatic hydroxyl groups excluding tert-OH is 1. The Morgan fingerprint density at radius 2 is 1.94 bits per heavy atom. The molecule has 2 aliphatic carbocycles. The number of carbonyl (C=O) groups excluding carboxylic acids is 3. The normalized spacial score (nSPS) is 40.2. The lowest BCUT2D eigenvalue weighted by atomic mass is 9.52. The van der Waals surface area contributed by atoms with E-state index in [0.29, 0.717) is 24.0 Å². The summed E-state index contributed by atoms with van der Waals surface area (Å²) in [5.41, 5.74) is -3.23. The molecule has 9 heteroatoms. The molecule has 0 saturated heterocycles. The third-order valence-electron chi connectivity index (χ3n) is 7.53. The highest BCUT2D eigenvalue weighted by Crippen LogP contribution is 2.61. The lowest BCUT2D eigenvalue weighted by molar-refractivity contribution is -0.251. The van der Waals surface area contributed by atoms with Crippen molar-refractivity contribution >= 4 is 17.9 Å². The smallest absolute Gasteiger partial charge is 0.340 e. The zero-order valence-electron chi connectivity index (χ0n) is 18.9. The van der Waals surface area contributed by atoms with Gasteiger partial charge in [-0.1, -0.05) is 6.92 Å². The molecule has 1 heterocycles. The van der Waals surface area contributed by atoms with Crippen LogP contribution in [-0.2, 0) is 28.6 Å². The minimum Gasteiger partial charge on any atom is -0.456 e. The Hall–Kier alpha value is -1.97. The fourth-order valence-corrected chi connectivity index (χ4v) is 5.45. The van der Waals surface area contributed by atoms with E-state index in [2.05, 4.69) is 0 Å². The molecule has 3 aliphatic rings. The molecule has 174 valence electrons. The van der Waals surface area contributed by atoms with Crippen molar-refractivity contribution in [2.75, 3.05) is 0 Å². The maximum Gasteiger partial charge on any atom is 0.340 e. The summed E-state index contributed by atoms with van der Waals surface area (Å²) in [6.45, 7) is 8.88. The monoisotopic (exact) mass is 440 g/mol. The van der Waals surface area contributed by atoms with Crippen LogP contribution in [0.4, 0.5) is 0 Å². The third-order valence-corrected chi connectivity index (χ3v) is 7.53. The third kappa shape index (κ3) is 3.66. The van der Waals surface area contributed by atoms with E-state index >= 15 is 0 Å². The molecule has 2 fully saturated rings. The molecule has 0 aromatic rings. The predicted octanol–water partition coefficient (Wildman–Crippen LogP) is 1.12. The van der Waals surface area contributed by atoms with Crippen molar-refractivity contribution in [2.24, 2.45) is 11.3 Å². The van der Waals surface area contributed by atoms with E-state index in [4.69, 9.17) is 14.2 Å². The summed E-state index contributed by atoms with van der Waals surface area (Å²) in [6, 6.07) is 0. The highest BCUT2D eigenvalue weighted by atomic mass is 16.7. The van der Waals surface area contributed by atoms with Crippen molar-refractivity contribution in [3.63, 3.8) is 0 Å². The van der Waals surface area contributed by atoms with Gasteiger partial charge in [-0.05, 0) is 52.4 Å².